The van der Waals surface area contributed by atoms with Gasteiger partial charge >= 0.3 is 0 Å². The second-order valence-electron chi connectivity index (χ2n) is 7.45. The zero-order valence-electron chi connectivity index (χ0n) is 15.6. The van der Waals surface area contributed by atoms with Gasteiger partial charge in [-0.3, -0.25) is 14.7 Å². The number of nitrogens with zero attached hydrogens (tertiary/aromatic N) is 4. The predicted molar refractivity (Wildman–Crippen MR) is 99.0 cm³/mol. The standard InChI is InChI=1S/C19H26N6O2/c1-2-14-9-16(23-22-14)19(27)24-7-6-17-13(11-24)3-4-18(26)25(17)8-5-15-10-20-12-21-15/h9-10,12-13,17H,2-8,11H2,1H3,(H,20,21)(H,22,23)/t13-,17+/m0/s1. The van der Waals surface area contributed by atoms with Gasteiger partial charge in [0, 0.05) is 56.1 Å². The lowest BCUT2D eigenvalue weighted by Gasteiger charge is -2.47. The van der Waals surface area contributed by atoms with Gasteiger partial charge in [-0.05, 0) is 31.2 Å². The van der Waals surface area contributed by atoms with Gasteiger partial charge in [-0.2, -0.15) is 5.10 Å². The fraction of sp³-hybridized carbons (Fsp3) is 0.579. The van der Waals surface area contributed by atoms with E-state index in [0.717, 1.165) is 37.1 Å². The highest BCUT2D eigenvalue weighted by Crippen LogP contribution is 2.32. The highest BCUT2D eigenvalue weighted by molar-refractivity contribution is 5.92. The lowest BCUT2D eigenvalue weighted by molar-refractivity contribution is -0.140. The van der Waals surface area contributed by atoms with Crippen LogP contribution in [-0.2, 0) is 17.6 Å². The SMILES string of the molecule is CCc1cc(C(=O)N2CC[C@@H]3[C@@H](CCC(=O)N3CCc3cnc[nH]3)C2)n[nH]1. The number of imidazole rings is 1. The molecule has 4 rings (SSSR count). The number of amides is 2. The number of carbonyl (C=O) groups is 2. The number of hydrogen-bond donors (Lipinski definition) is 2. The second kappa shape index (κ2) is 7.54. The Morgan fingerprint density at radius 3 is 2.96 bits per heavy atom. The molecule has 2 aliphatic heterocycles. The molecule has 2 saturated heterocycles. The van der Waals surface area contributed by atoms with E-state index in [9.17, 15) is 9.59 Å². The number of aromatic nitrogens is 4. The van der Waals surface area contributed by atoms with Crippen LogP contribution in [0.2, 0.25) is 0 Å². The summed E-state index contributed by atoms with van der Waals surface area (Å²) in [5, 5.41) is 7.08. The molecule has 2 atom stereocenters. The predicted octanol–water partition coefficient (Wildman–Crippen LogP) is 1.39. The third-order valence-electron chi connectivity index (χ3n) is 5.84. The molecule has 0 bridgehead atoms. The van der Waals surface area contributed by atoms with Crippen molar-refractivity contribution in [1.29, 1.82) is 0 Å². The molecule has 8 nitrogen and oxygen atoms in total. The summed E-state index contributed by atoms with van der Waals surface area (Å²) in [6.45, 7) is 4.10. The molecule has 4 heterocycles. The van der Waals surface area contributed by atoms with Gasteiger partial charge in [0.05, 0.1) is 6.33 Å². The molecule has 2 aliphatic rings. The average Bonchev–Trinajstić information content (AvgIpc) is 3.38. The number of aryl methyl sites for hydroxylation is 1. The number of nitrogens with one attached hydrogen (secondary N) is 2. The van der Waals surface area contributed by atoms with Gasteiger partial charge in [0.25, 0.3) is 5.91 Å². The summed E-state index contributed by atoms with van der Waals surface area (Å²) in [6, 6.07) is 2.07. The van der Waals surface area contributed by atoms with Crippen LogP contribution in [0.1, 0.15) is 48.1 Å². The number of aromatic amines is 2. The van der Waals surface area contributed by atoms with Crippen molar-refractivity contribution in [3.05, 3.63) is 35.7 Å². The Morgan fingerprint density at radius 2 is 2.22 bits per heavy atom. The highest BCUT2D eigenvalue weighted by atomic mass is 16.2. The topological polar surface area (TPSA) is 98.0 Å². The number of carbonyl (C=O) groups excluding carboxylic acids is 2. The van der Waals surface area contributed by atoms with Crippen LogP contribution in [0.3, 0.4) is 0 Å². The lowest BCUT2D eigenvalue weighted by Crippen LogP contribution is -2.57. The number of fused-ring (bicyclic) bond motifs is 1. The fourth-order valence-corrected chi connectivity index (χ4v) is 4.30. The molecule has 144 valence electrons. The van der Waals surface area contributed by atoms with Crippen molar-refractivity contribution in [1.82, 2.24) is 30.0 Å². The molecule has 0 saturated carbocycles. The van der Waals surface area contributed by atoms with Gasteiger partial charge in [0.1, 0.15) is 5.69 Å². The van der Waals surface area contributed by atoms with E-state index in [0.29, 0.717) is 37.7 Å². The van der Waals surface area contributed by atoms with Gasteiger partial charge in [0.2, 0.25) is 5.91 Å². The van der Waals surface area contributed by atoms with Crippen LogP contribution in [0.4, 0.5) is 0 Å². The Bertz CT molecular complexity index is 799. The molecule has 0 spiro atoms. The maximum absolute atomic E-state index is 12.8. The molecule has 0 aliphatic carbocycles. The van der Waals surface area contributed by atoms with Crippen LogP contribution in [0.25, 0.3) is 0 Å². The lowest BCUT2D eigenvalue weighted by atomic mass is 9.83. The zero-order chi connectivity index (χ0) is 18.8. The van der Waals surface area contributed by atoms with E-state index in [1.807, 2.05) is 29.0 Å². The molecule has 2 amide bonds. The van der Waals surface area contributed by atoms with Crippen LogP contribution in [-0.4, -0.2) is 67.5 Å². The molecule has 2 aromatic heterocycles. The fourth-order valence-electron chi connectivity index (χ4n) is 4.30. The third kappa shape index (κ3) is 3.61. The number of piperidine rings is 2. The summed E-state index contributed by atoms with van der Waals surface area (Å²) in [7, 11) is 0. The van der Waals surface area contributed by atoms with Crippen molar-refractivity contribution >= 4 is 11.8 Å². The van der Waals surface area contributed by atoms with Gasteiger partial charge in [-0.25, -0.2) is 4.98 Å². The maximum atomic E-state index is 12.8. The normalized spacial score (nSPS) is 22.8. The third-order valence-corrected chi connectivity index (χ3v) is 5.84. The van der Waals surface area contributed by atoms with E-state index in [4.69, 9.17) is 0 Å². The van der Waals surface area contributed by atoms with Gasteiger partial charge in [-0.1, -0.05) is 6.92 Å². The minimum atomic E-state index is -0.00897. The van der Waals surface area contributed by atoms with Crippen LogP contribution < -0.4 is 0 Å². The van der Waals surface area contributed by atoms with Crippen molar-refractivity contribution in [3.63, 3.8) is 0 Å². The second-order valence-corrected chi connectivity index (χ2v) is 7.45. The monoisotopic (exact) mass is 370 g/mol. The molecular weight excluding hydrogens is 344 g/mol. The summed E-state index contributed by atoms with van der Waals surface area (Å²) in [6.07, 6.45) is 7.34. The quantitative estimate of drug-likeness (QED) is 0.831. The highest BCUT2D eigenvalue weighted by Gasteiger charge is 2.40. The Morgan fingerprint density at radius 1 is 1.33 bits per heavy atom. The first-order valence-electron chi connectivity index (χ1n) is 9.76. The molecule has 2 N–H and O–H groups in total. The van der Waals surface area contributed by atoms with Crippen LogP contribution in [0.15, 0.2) is 18.6 Å². The number of rotatable bonds is 5. The summed E-state index contributed by atoms with van der Waals surface area (Å²) >= 11 is 0. The Balaban J connectivity index is 1.40. The first-order valence-corrected chi connectivity index (χ1v) is 9.76. The molecule has 0 radical (unpaired) electrons. The van der Waals surface area contributed by atoms with E-state index in [2.05, 4.69) is 20.2 Å². The van der Waals surface area contributed by atoms with E-state index >= 15 is 0 Å². The number of likely N-dealkylation sites (tertiary alicyclic amines) is 2. The van der Waals surface area contributed by atoms with Crippen LogP contribution in [0, 0.1) is 5.92 Å². The zero-order valence-corrected chi connectivity index (χ0v) is 15.6. The first kappa shape index (κ1) is 17.8. The summed E-state index contributed by atoms with van der Waals surface area (Å²) in [5.74, 6) is 0.562. The molecule has 2 fully saturated rings. The average molecular weight is 370 g/mol. The van der Waals surface area contributed by atoms with Crippen LogP contribution in [0.5, 0.6) is 0 Å². The summed E-state index contributed by atoms with van der Waals surface area (Å²) in [4.78, 5) is 36.3. The maximum Gasteiger partial charge on any atom is 0.274 e. The molecule has 0 unspecified atom stereocenters. The van der Waals surface area contributed by atoms with Crippen molar-refractivity contribution in [2.24, 2.45) is 5.92 Å². The van der Waals surface area contributed by atoms with Crippen molar-refractivity contribution in [2.75, 3.05) is 19.6 Å². The van der Waals surface area contributed by atoms with Crippen LogP contribution >= 0.6 is 0 Å². The van der Waals surface area contributed by atoms with Gasteiger partial charge in [-0.15, -0.1) is 0 Å². The molecular formula is C19H26N6O2. The van der Waals surface area contributed by atoms with Crippen molar-refractivity contribution in [2.45, 2.75) is 45.1 Å². The summed E-state index contributed by atoms with van der Waals surface area (Å²) < 4.78 is 0. The molecule has 27 heavy (non-hydrogen) atoms. The van der Waals surface area contributed by atoms with Gasteiger partial charge in [0.15, 0.2) is 0 Å². The van der Waals surface area contributed by atoms with E-state index in [1.165, 1.54) is 0 Å². The molecule has 2 aromatic rings. The minimum Gasteiger partial charge on any atom is -0.348 e. The largest absolute Gasteiger partial charge is 0.348 e. The first-order chi connectivity index (χ1) is 13.2. The van der Waals surface area contributed by atoms with E-state index in [1.54, 1.807) is 6.33 Å². The van der Waals surface area contributed by atoms with Crippen molar-refractivity contribution < 1.29 is 9.59 Å². The Hall–Kier alpha value is -2.64. The number of H-pyrrole nitrogens is 2. The van der Waals surface area contributed by atoms with Crippen molar-refractivity contribution in [3.8, 4) is 0 Å². The molecule has 0 aromatic carbocycles. The minimum absolute atomic E-state index is 0.00897. The Labute approximate surface area is 158 Å². The Kier molecular flexibility index (Phi) is 4.96. The van der Waals surface area contributed by atoms with E-state index < -0.39 is 0 Å². The van der Waals surface area contributed by atoms with Gasteiger partial charge < -0.3 is 14.8 Å². The van der Waals surface area contributed by atoms with E-state index in [-0.39, 0.29) is 17.9 Å². The summed E-state index contributed by atoms with van der Waals surface area (Å²) in [5.41, 5.74) is 2.51. The molecule has 8 heteroatoms. The smallest absolute Gasteiger partial charge is 0.274 e. The number of hydrogen-bond acceptors (Lipinski definition) is 4.